The molecule has 0 unspecified atom stereocenters. The summed E-state index contributed by atoms with van der Waals surface area (Å²) in [5.74, 6) is -3.17. The molecule has 272 valence electrons. The van der Waals surface area contributed by atoms with E-state index in [9.17, 15) is 54.2 Å². The Morgan fingerprint density at radius 1 is 0.569 bits per heavy atom. The Morgan fingerprint density at radius 3 is 1.16 bits per heavy atom. The van der Waals surface area contributed by atoms with Crippen LogP contribution >= 0.6 is 0 Å². The van der Waals surface area contributed by atoms with Gasteiger partial charge in [0, 0.05) is 24.2 Å². The molecule has 0 atom stereocenters. The van der Waals surface area contributed by atoms with E-state index in [0.29, 0.717) is 0 Å². The molecule has 0 bridgehead atoms. The highest BCUT2D eigenvalue weighted by molar-refractivity contribution is 7.91. The molecule has 2 heterocycles. The number of sulfone groups is 1. The lowest BCUT2D eigenvalue weighted by atomic mass is 10.1. The number of nitrogens with zero attached hydrogens (tertiary/aromatic N) is 6. The molecule has 4 N–H and O–H groups in total. The summed E-state index contributed by atoms with van der Waals surface area (Å²) in [6, 6.07) is 10.3. The molecule has 0 aliphatic carbocycles. The van der Waals surface area contributed by atoms with Crippen LogP contribution in [0.15, 0.2) is 88.4 Å². The van der Waals surface area contributed by atoms with Crippen LogP contribution in [0.25, 0.3) is 0 Å². The number of azo groups is 2. The number of hydrogen-bond donors (Lipinski definition) is 4. The van der Waals surface area contributed by atoms with Gasteiger partial charge in [0.1, 0.15) is 22.9 Å². The van der Waals surface area contributed by atoms with Crippen molar-refractivity contribution in [2.75, 3.05) is 0 Å². The van der Waals surface area contributed by atoms with Crippen molar-refractivity contribution < 1.29 is 44.6 Å². The number of aromatic nitrogens is 2. The molecule has 2 aromatic heterocycles. The van der Waals surface area contributed by atoms with Gasteiger partial charge in [-0.3, -0.25) is 27.8 Å². The Bertz CT molecular complexity index is 2350. The molecule has 0 saturated heterocycles. The SMILES string of the molecule is CCn1c(O)c(/N=N/c2ccc(S(=O)(=O)c3ccc(/N=N/c4c(C)c(CS(=O)(=O)O)c(=O)n(CC)c4O)cc3)cc2)c(C)c(CS(=O)(=O)O)c1=O. The van der Waals surface area contributed by atoms with E-state index in [1.165, 1.54) is 76.2 Å². The van der Waals surface area contributed by atoms with Crippen molar-refractivity contribution >= 4 is 52.8 Å². The van der Waals surface area contributed by atoms with Crippen LogP contribution in [0.1, 0.15) is 36.1 Å². The van der Waals surface area contributed by atoms with Gasteiger partial charge in [0.2, 0.25) is 21.6 Å². The predicted octanol–water partition coefficient (Wildman–Crippen LogP) is 4.52. The first-order chi connectivity index (χ1) is 23.7. The third-order valence-corrected chi connectivity index (χ3v) is 10.8. The molecule has 2 aromatic carbocycles. The van der Waals surface area contributed by atoms with Gasteiger partial charge < -0.3 is 10.2 Å². The van der Waals surface area contributed by atoms with Gasteiger partial charge >= 0.3 is 0 Å². The minimum atomic E-state index is -4.59. The van der Waals surface area contributed by atoms with E-state index in [4.69, 9.17) is 0 Å². The summed E-state index contributed by atoms with van der Waals surface area (Å²) in [6.45, 7) is 5.64. The molecular weight excluding hydrogens is 733 g/mol. The monoisotopic (exact) mass is 764 g/mol. The smallest absolute Gasteiger partial charge is 0.269 e. The zero-order chi connectivity index (χ0) is 38.1. The van der Waals surface area contributed by atoms with Gasteiger partial charge in [-0.15, -0.1) is 10.2 Å². The molecule has 0 aliphatic rings. The summed E-state index contributed by atoms with van der Waals surface area (Å²) >= 11 is 0. The van der Waals surface area contributed by atoms with Crippen molar-refractivity contribution in [1.29, 1.82) is 0 Å². The lowest BCUT2D eigenvalue weighted by Crippen LogP contribution is -2.26. The van der Waals surface area contributed by atoms with Gasteiger partial charge in [0.05, 0.1) is 21.2 Å². The summed E-state index contributed by atoms with van der Waals surface area (Å²) in [5.41, 5.74) is -2.47. The first-order valence-electron chi connectivity index (χ1n) is 14.8. The van der Waals surface area contributed by atoms with Crippen LogP contribution in [-0.2, 0) is 54.7 Å². The van der Waals surface area contributed by atoms with Crippen molar-refractivity contribution in [1.82, 2.24) is 9.13 Å². The summed E-state index contributed by atoms with van der Waals surface area (Å²) in [6.07, 6.45) is 0. The van der Waals surface area contributed by atoms with Gasteiger partial charge in [-0.05, 0) is 87.4 Å². The number of rotatable bonds is 12. The Morgan fingerprint density at radius 2 is 0.882 bits per heavy atom. The zero-order valence-electron chi connectivity index (χ0n) is 27.4. The summed E-state index contributed by atoms with van der Waals surface area (Å²) < 4.78 is 92.9. The quantitative estimate of drug-likeness (QED) is 0.114. The van der Waals surface area contributed by atoms with E-state index in [1.54, 1.807) is 0 Å². The highest BCUT2D eigenvalue weighted by atomic mass is 32.2. The maximum absolute atomic E-state index is 13.3. The Balaban J connectivity index is 1.60. The second-order valence-electron chi connectivity index (χ2n) is 11.0. The van der Waals surface area contributed by atoms with Crippen LogP contribution in [0.4, 0.5) is 22.7 Å². The van der Waals surface area contributed by atoms with Gasteiger partial charge in [-0.2, -0.15) is 27.1 Å². The number of pyridine rings is 2. The van der Waals surface area contributed by atoms with Crippen molar-refractivity contribution in [2.45, 2.75) is 62.1 Å². The average Bonchev–Trinajstić information content (AvgIpc) is 3.05. The molecule has 51 heavy (non-hydrogen) atoms. The zero-order valence-corrected chi connectivity index (χ0v) is 29.9. The molecular formula is C30H32N6O12S3. The van der Waals surface area contributed by atoms with E-state index in [-0.39, 0.29) is 67.9 Å². The van der Waals surface area contributed by atoms with Gasteiger partial charge in [0.15, 0.2) is 0 Å². The molecule has 0 spiro atoms. The van der Waals surface area contributed by atoms with E-state index in [0.717, 1.165) is 9.13 Å². The molecule has 4 aromatic rings. The Hall–Kier alpha value is -5.09. The second kappa shape index (κ2) is 14.6. The molecule has 4 rings (SSSR count). The minimum absolute atomic E-state index is 0.0236. The van der Waals surface area contributed by atoms with Crippen LogP contribution in [0.5, 0.6) is 11.8 Å². The van der Waals surface area contributed by atoms with Gasteiger partial charge in [-0.1, -0.05) is 0 Å². The topological polar surface area (TPSA) is 277 Å². The van der Waals surface area contributed by atoms with E-state index >= 15 is 0 Å². The second-order valence-corrected chi connectivity index (χ2v) is 15.8. The van der Waals surface area contributed by atoms with Crippen molar-refractivity contribution in [3.63, 3.8) is 0 Å². The molecule has 0 radical (unpaired) electrons. The van der Waals surface area contributed by atoms with E-state index in [2.05, 4.69) is 20.5 Å². The standard InChI is InChI=1S/C30H32N6O12S3/c1-5-35-27(37)23(15-49(41,42)43)17(3)25(29(35)39)33-31-19-7-11-21(12-8-19)51(47,48)22-13-9-20(10-14-22)32-34-26-18(4)24(16-50(44,45)46)28(38)36(6-2)30(26)40/h7-14,39-40H,5-6,15-16H2,1-4H3,(H,41,42,43)(H,44,45,46)/b33-31+,34-32+. The van der Waals surface area contributed by atoms with Crippen molar-refractivity contribution in [3.05, 3.63) is 91.5 Å². The van der Waals surface area contributed by atoms with Crippen LogP contribution in [0, 0.1) is 13.8 Å². The normalized spacial score (nSPS) is 12.7. The maximum Gasteiger partial charge on any atom is 0.269 e. The molecule has 0 fully saturated rings. The minimum Gasteiger partial charge on any atom is -0.493 e. The average molecular weight is 765 g/mol. The predicted molar refractivity (Wildman–Crippen MR) is 183 cm³/mol. The molecule has 21 heteroatoms. The van der Waals surface area contributed by atoms with Gasteiger partial charge in [0.25, 0.3) is 31.4 Å². The fourth-order valence-corrected chi connectivity index (χ4v) is 7.65. The van der Waals surface area contributed by atoms with Crippen LogP contribution in [-0.4, -0.2) is 53.7 Å². The van der Waals surface area contributed by atoms with Crippen LogP contribution in [0.2, 0.25) is 0 Å². The number of benzene rings is 2. The molecule has 0 saturated carbocycles. The fraction of sp³-hybridized carbons (Fsp3) is 0.267. The molecule has 18 nitrogen and oxygen atoms in total. The lowest BCUT2D eigenvalue weighted by Gasteiger charge is -2.13. The fourth-order valence-electron chi connectivity index (χ4n) is 4.98. The van der Waals surface area contributed by atoms with Crippen molar-refractivity contribution in [2.24, 2.45) is 20.5 Å². The first kappa shape index (κ1) is 38.7. The third-order valence-electron chi connectivity index (χ3n) is 7.67. The maximum atomic E-state index is 13.3. The highest BCUT2D eigenvalue weighted by Gasteiger charge is 2.24. The third kappa shape index (κ3) is 8.45. The highest BCUT2D eigenvalue weighted by Crippen LogP contribution is 2.35. The number of aromatic hydroxyl groups is 2. The molecule has 0 aliphatic heterocycles. The van der Waals surface area contributed by atoms with Gasteiger partial charge in [-0.25, -0.2) is 8.42 Å². The van der Waals surface area contributed by atoms with E-state index in [1.807, 2.05) is 0 Å². The van der Waals surface area contributed by atoms with Crippen LogP contribution < -0.4 is 11.1 Å². The van der Waals surface area contributed by atoms with E-state index < -0.39 is 64.5 Å². The van der Waals surface area contributed by atoms with Crippen molar-refractivity contribution in [3.8, 4) is 11.8 Å². The van der Waals surface area contributed by atoms with Crippen LogP contribution in [0.3, 0.4) is 0 Å². The summed E-state index contributed by atoms with van der Waals surface area (Å²) in [5, 5.41) is 37.1. The number of hydrogen-bond acceptors (Lipinski definition) is 14. The molecule has 0 amide bonds. The largest absolute Gasteiger partial charge is 0.493 e. The Labute approximate surface area is 291 Å². The summed E-state index contributed by atoms with van der Waals surface area (Å²) in [4.78, 5) is 25.1. The Kier molecular flexibility index (Phi) is 11.1. The first-order valence-corrected chi connectivity index (χ1v) is 19.5. The summed E-state index contributed by atoms with van der Waals surface area (Å²) in [7, 11) is -13.3. The lowest BCUT2D eigenvalue weighted by molar-refractivity contribution is 0.410.